The van der Waals surface area contributed by atoms with E-state index in [2.05, 4.69) is 24.1 Å². The number of rotatable bonds is 8. The second-order valence-corrected chi connectivity index (χ2v) is 8.86. The van der Waals surface area contributed by atoms with Gasteiger partial charge in [0.25, 0.3) is 10.1 Å². The second kappa shape index (κ2) is 8.95. The summed E-state index contributed by atoms with van der Waals surface area (Å²) in [6, 6.07) is 18.2. The van der Waals surface area contributed by atoms with Crippen molar-refractivity contribution in [3.05, 3.63) is 78.6 Å². The lowest BCUT2D eigenvalue weighted by Gasteiger charge is -2.08. The minimum Gasteiger partial charge on any atom is -0.491 e. The maximum atomic E-state index is 12.2. The Kier molecular flexibility index (Phi) is 6.11. The summed E-state index contributed by atoms with van der Waals surface area (Å²) in [6.07, 6.45) is 4.10. The molecular weight excluding hydrogens is 411 g/mol. The average Bonchev–Trinajstić information content (AvgIpc) is 3.21. The first-order valence-corrected chi connectivity index (χ1v) is 11.5. The first kappa shape index (κ1) is 21.1. The molecule has 2 heterocycles. The summed E-state index contributed by atoms with van der Waals surface area (Å²) < 4.78 is 37.1. The third-order valence-electron chi connectivity index (χ3n) is 4.97. The van der Waals surface area contributed by atoms with Gasteiger partial charge < -0.3 is 9.14 Å². The summed E-state index contributed by atoms with van der Waals surface area (Å²) in [5.74, 6) is 0.636. The van der Waals surface area contributed by atoms with Gasteiger partial charge in [-0.15, -0.1) is 0 Å². The molecular formula is C23H23BN2O4S. The van der Waals surface area contributed by atoms with E-state index in [0.29, 0.717) is 5.75 Å². The molecule has 4 rings (SSSR count). The molecule has 158 valence electrons. The number of pyridine rings is 1. The van der Waals surface area contributed by atoms with E-state index in [4.69, 9.17) is 8.92 Å². The van der Waals surface area contributed by atoms with E-state index in [0.717, 1.165) is 29.7 Å². The van der Waals surface area contributed by atoms with E-state index in [-0.39, 0.29) is 18.1 Å². The van der Waals surface area contributed by atoms with Crippen molar-refractivity contribution in [1.82, 2.24) is 9.38 Å². The lowest BCUT2D eigenvalue weighted by Crippen LogP contribution is -2.13. The molecule has 0 radical (unpaired) electrons. The minimum absolute atomic E-state index is 0.0653. The van der Waals surface area contributed by atoms with Gasteiger partial charge in [0.05, 0.1) is 10.6 Å². The molecule has 0 saturated carbocycles. The molecule has 0 saturated heterocycles. The van der Waals surface area contributed by atoms with Gasteiger partial charge in [-0.25, -0.2) is 4.98 Å². The van der Waals surface area contributed by atoms with E-state index < -0.39 is 10.1 Å². The van der Waals surface area contributed by atoms with Gasteiger partial charge in [-0.3, -0.25) is 4.18 Å². The predicted octanol–water partition coefficient (Wildman–Crippen LogP) is 3.20. The SMILES string of the molecule is CBc1ccc2nc(-c3ccc(OCCOS(=O)(=O)c4ccc(C)cc4)cc3)cn2c1. The molecule has 0 bridgehead atoms. The average molecular weight is 434 g/mol. The highest BCUT2D eigenvalue weighted by atomic mass is 32.2. The van der Waals surface area contributed by atoms with Crippen molar-refractivity contribution >= 4 is 28.5 Å². The monoisotopic (exact) mass is 434 g/mol. The van der Waals surface area contributed by atoms with Gasteiger partial charge in [-0.1, -0.05) is 36.0 Å². The fraction of sp³-hybridized carbons (Fsp3) is 0.174. The fourth-order valence-corrected chi connectivity index (χ4v) is 4.08. The van der Waals surface area contributed by atoms with Crippen molar-refractivity contribution < 1.29 is 17.3 Å². The van der Waals surface area contributed by atoms with Crippen molar-refractivity contribution in [3.63, 3.8) is 0 Å². The summed E-state index contributed by atoms with van der Waals surface area (Å²) >= 11 is 0. The Bertz CT molecular complexity index is 1280. The van der Waals surface area contributed by atoms with Crippen LogP contribution < -0.4 is 10.2 Å². The van der Waals surface area contributed by atoms with Crippen LogP contribution in [0, 0.1) is 6.92 Å². The van der Waals surface area contributed by atoms with Crippen molar-refractivity contribution in [2.24, 2.45) is 0 Å². The van der Waals surface area contributed by atoms with Gasteiger partial charge in [0, 0.05) is 18.0 Å². The van der Waals surface area contributed by atoms with Gasteiger partial charge >= 0.3 is 0 Å². The molecule has 0 atom stereocenters. The summed E-state index contributed by atoms with van der Waals surface area (Å²) in [7, 11) is -2.81. The largest absolute Gasteiger partial charge is 0.491 e. The number of hydrogen-bond acceptors (Lipinski definition) is 5. The van der Waals surface area contributed by atoms with E-state index in [9.17, 15) is 8.42 Å². The topological polar surface area (TPSA) is 69.9 Å². The Labute approximate surface area is 182 Å². The summed E-state index contributed by atoms with van der Waals surface area (Å²) in [6.45, 7) is 4.08. The zero-order valence-corrected chi connectivity index (χ0v) is 18.3. The van der Waals surface area contributed by atoms with E-state index in [1.165, 1.54) is 17.6 Å². The normalized spacial score (nSPS) is 11.5. The van der Waals surface area contributed by atoms with Crippen LogP contribution in [0.15, 0.2) is 78.0 Å². The smallest absolute Gasteiger partial charge is 0.297 e. The number of aromatic nitrogens is 2. The molecule has 0 unspecified atom stereocenters. The van der Waals surface area contributed by atoms with Gasteiger partial charge in [0.2, 0.25) is 0 Å². The zero-order valence-electron chi connectivity index (χ0n) is 17.5. The number of benzene rings is 2. The fourth-order valence-electron chi connectivity index (χ4n) is 3.18. The molecule has 6 nitrogen and oxygen atoms in total. The van der Waals surface area contributed by atoms with Crippen LogP contribution in [0.1, 0.15) is 5.56 Å². The van der Waals surface area contributed by atoms with Crippen LogP contribution in [-0.4, -0.2) is 38.3 Å². The Morgan fingerprint density at radius 3 is 2.39 bits per heavy atom. The van der Waals surface area contributed by atoms with E-state index >= 15 is 0 Å². The standard InChI is InChI=1S/C23H23BN2O4S/c1-17-3-10-21(11-4-17)31(27,28)30-14-13-29-20-8-5-18(6-9-20)22-16-26-15-19(24-2)7-12-23(26)25-22/h3-12,15-16,24H,13-14H2,1-2H3. The lowest BCUT2D eigenvalue weighted by atomic mass is 9.74. The molecule has 8 heteroatoms. The number of imidazole rings is 1. The first-order chi connectivity index (χ1) is 14.9. The van der Waals surface area contributed by atoms with E-state index in [1.54, 1.807) is 12.1 Å². The highest BCUT2D eigenvalue weighted by Crippen LogP contribution is 2.22. The maximum absolute atomic E-state index is 12.2. The predicted molar refractivity (Wildman–Crippen MR) is 123 cm³/mol. The zero-order chi connectivity index (χ0) is 21.8. The van der Waals surface area contributed by atoms with Crippen molar-refractivity contribution in [2.45, 2.75) is 18.6 Å². The number of aryl methyl sites for hydroxylation is 1. The Morgan fingerprint density at radius 1 is 0.935 bits per heavy atom. The van der Waals surface area contributed by atoms with Crippen molar-refractivity contribution in [3.8, 4) is 17.0 Å². The van der Waals surface area contributed by atoms with Crippen molar-refractivity contribution in [1.29, 1.82) is 0 Å². The van der Waals surface area contributed by atoms with Crippen LogP contribution in [0.2, 0.25) is 6.82 Å². The summed E-state index contributed by atoms with van der Waals surface area (Å²) in [4.78, 5) is 4.80. The number of fused-ring (bicyclic) bond motifs is 1. The molecule has 2 aromatic carbocycles. The molecule has 0 amide bonds. The van der Waals surface area contributed by atoms with Crippen LogP contribution in [-0.2, 0) is 14.3 Å². The number of ether oxygens (including phenoxy) is 1. The van der Waals surface area contributed by atoms with Crippen LogP contribution in [0.4, 0.5) is 0 Å². The first-order valence-electron chi connectivity index (χ1n) is 10.1. The Morgan fingerprint density at radius 2 is 1.68 bits per heavy atom. The molecule has 0 aliphatic carbocycles. The Balaban J connectivity index is 1.34. The molecule has 0 aliphatic heterocycles. The molecule has 31 heavy (non-hydrogen) atoms. The van der Waals surface area contributed by atoms with Gasteiger partial charge in [-0.05, 0) is 49.4 Å². The van der Waals surface area contributed by atoms with Crippen LogP contribution in [0.3, 0.4) is 0 Å². The van der Waals surface area contributed by atoms with E-state index in [1.807, 2.05) is 47.9 Å². The Hall–Kier alpha value is -3.10. The summed E-state index contributed by atoms with van der Waals surface area (Å²) in [5.41, 5.74) is 5.01. The third-order valence-corrected chi connectivity index (χ3v) is 6.30. The maximum Gasteiger partial charge on any atom is 0.297 e. The van der Waals surface area contributed by atoms with Gasteiger partial charge in [0.1, 0.15) is 24.6 Å². The van der Waals surface area contributed by atoms with Gasteiger partial charge in [0.15, 0.2) is 7.28 Å². The molecule has 0 N–H and O–H groups in total. The lowest BCUT2D eigenvalue weighted by molar-refractivity contribution is 0.221. The van der Waals surface area contributed by atoms with Crippen molar-refractivity contribution in [2.75, 3.05) is 13.2 Å². The van der Waals surface area contributed by atoms with Crippen LogP contribution in [0.5, 0.6) is 5.75 Å². The number of nitrogens with zero attached hydrogens (tertiary/aromatic N) is 2. The molecule has 4 aromatic rings. The van der Waals surface area contributed by atoms with Gasteiger partial charge in [-0.2, -0.15) is 8.42 Å². The third kappa shape index (κ3) is 4.98. The quantitative estimate of drug-likeness (QED) is 0.242. The molecule has 2 aromatic heterocycles. The van der Waals surface area contributed by atoms with Crippen LogP contribution >= 0.6 is 0 Å². The highest BCUT2D eigenvalue weighted by molar-refractivity contribution is 7.86. The minimum atomic E-state index is -3.78. The highest BCUT2D eigenvalue weighted by Gasteiger charge is 2.14. The second-order valence-electron chi connectivity index (χ2n) is 7.24. The van der Waals surface area contributed by atoms with Crippen LogP contribution in [0.25, 0.3) is 16.9 Å². The molecule has 0 fully saturated rings. The number of hydrogen-bond donors (Lipinski definition) is 0. The molecule has 0 spiro atoms. The molecule has 0 aliphatic rings. The summed E-state index contributed by atoms with van der Waals surface area (Å²) in [5, 5.41) is 0.